The van der Waals surface area contributed by atoms with Crippen LogP contribution < -0.4 is 14.8 Å². The minimum atomic E-state index is -0.546. The second-order valence-corrected chi connectivity index (χ2v) is 6.25. The van der Waals surface area contributed by atoms with Gasteiger partial charge in [0.15, 0.2) is 6.10 Å². The number of carbonyl (C=O) groups excluding carboxylic acids is 1. The molecule has 0 aliphatic rings. The third kappa shape index (κ3) is 4.59. The number of hydrogen-bond donors (Lipinski definition) is 1. The van der Waals surface area contributed by atoms with Crippen molar-refractivity contribution < 1.29 is 14.3 Å². The van der Waals surface area contributed by atoms with Crippen molar-refractivity contribution in [3.05, 3.63) is 72.3 Å². The van der Waals surface area contributed by atoms with Crippen molar-refractivity contribution in [1.82, 2.24) is 5.32 Å². The van der Waals surface area contributed by atoms with E-state index in [-0.39, 0.29) is 5.91 Å². The highest BCUT2D eigenvalue weighted by Crippen LogP contribution is 2.26. The zero-order valence-corrected chi connectivity index (χ0v) is 15.8. The molecule has 4 heteroatoms. The molecule has 0 spiro atoms. The highest BCUT2D eigenvalue weighted by molar-refractivity contribution is 5.89. The fraction of sp³-hybridized carbons (Fsp3) is 0.261. The quantitative estimate of drug-likeness (QED) is 0.630. The highest BCUT2D eigenvalue weighted by atomic mass is 16.5. The van der Waals surface area contributed by atoms with Gasteiger partial charge in [-0.3, -0.25) is 4.79 Å². The summed E-state index contributed by atoms with van der Waals surface area (Å²) in [5.74, 6) is 1.39. The van der Waals surface area contributed by atoms with Crippen LogP contribution >= 0.6 is 0 Å². The van der Waals surface area contributed by atoms with Crippen LogP contribution in [0, 0.1) is 0 Å². The van der Waals surface area contributed by atoms with Gasteiger partial charge in [0.05, 0.1) is 6.61 Å². The van der Waals surface area contributed by atoms with Crippen LogP contribution in [0.2, 0.25) is 0 Å². The monoisotopic (exact) mass is 363 g/mol. The van der Waals surface area contributed by atoms with E-state index in [0.29, 0.717) is 19.6 Å². The minimum Gasteiger partial charge on any atom is -0.494 e. The molecule has 0 aliphatic heterocycles. The fourth-order valence-corrected chi connectivity index (χ4v) is 3.02. The summed E-state index contributed by atoms with van der Waals surface area (Å²) in [6.07, 6.45) is 0.0392. The second-order valence-electron chi connectivity index (χ2n) is 6.25. The molecular weight excluding hydrogens is 338 g/mol. The molecule has 27 heavy (non-hydrogen) atoms. The van der Waals surface area contributed by atoms with E-state index in [1.54, 1.807) is 0 Å². The molecule has 0 aromatic heterocycles. The predicted molar refractivity (Wildman–Crippen MR) is 108 cm³/mol. The Hall–Kier alpha value is -3.01. The number of carbonyl (C=O) groups is 1. The van der Waals surface area contributed by atoms with Crippen LogP contribution in [0.5, 0.6) is 11.5 Å². The Bertz CT molecular complexity index is 902. The van der Waals surface area contributed by atoms with E-state index in [1.807, 2.05) is 80.6 Å². The number of nitrogens with one attached hydrogen (secondary N) is 1. The molecule has 140 valence electrons. The first-order valence-corrected chi connectivity index (χ1v) is 9.35. The molecule has 0 saturated carbocycles. The fourth-order valence-electron chi connectivity index (χ4n) is 3.02. The maximum atomic E-state index is 12.7. The number of amides is 1. The van der Waals surface area contributed by atoms with E-state index in [9.17, 15) is 4.79 Å². The molecular formula is C23H25NO3. The van der Waals surface area contributed by atoms with Crippen molar-refractivity contribution >= 4 is 16.7 Å². The van der Waals surface area contributed by atoms with Gasteiger partial charge < -0.3 is 14.8 Å². The van der Waals surface area contributed by atoms with Crippen LogP contribution in [-0.2, 0) is 11.3 Å². The standard InChI is InChI=1S/C23H25NO3/c1-3-20(27-22-15-9-12-17-10-5-7-13-19(17)22)23(25)24-16-18-11-6-8-14-21(18)26-4-2/h5-15,20H,3-4,16H2,1-2H3,(H,24,25)/t20-/m1/s1. The summed E-state index contributed by atoms with van der Waals surface area (Å²) in [7, 11) is 0. The Morgan fingerprint density at radius 1 is 0.926 bits per heavy atom. The maximum absolute atomic E-state index is 12.7. The molecule has 1 atom stereocenters. The van der Waals surface area contributed by atoms with Gasteiger partial charge >= 0.3 is 0 Å². The van der Waals surface area contributed by atoms with Crippen LogP contribution in [0.4, 0.5) is 0 Å². The normalized spacial score (nSPS) is 11.8. The molecule has 1 amide bonds. The van der Waals surface area contributed by atoms with Gasteiger partial charge in [-0.2, -0.15) is 0 Å². The lowest BCUT2D eigenvalue weighted by Gasteiger charge is -2.19. The van der Waals surface area contributed by atoms with Gasteiger partial charge in [-0.05, 0) is 30.9 Å². The number of para-hydroxylation sites is 1. The van der Waals surface area contributed by atoms with E-state index >= 15 is 0 Å². The van der Waals surface area contributed by atoms with E-state index in [4.69, 9.17) is 9.47 Å². The zero-order chi connectivity index (χ0) is 19.1. The third-order valence-corrected chi connectivity index (χ3v) is 4.41. The molecule has 0 aliphatic carbocycles. The molecule has 0 bridgehead atoms. The molecule has 0 heterocycles. The average Bonchev–Trinajstić information content (AvgIpc) is 2.71. The number of rotatable bonds is 8. The summed E-state index contributed by atoms with van der Waals surface area (Å²) >= 11 is 0. The summed E-state index contributed by atoms with van der Waals surface area (Å²) < 4.78 is 11.7. The molecule has 0 saturated heterocycles. The number of hydrogen-bond acceptors (Lipinski definition) is 3. The van der Waals surface area contributed by atoms with E-state index < -0.39 is 6.10 Å². The maximum Gasteiger partial charge on any atom is 0.261 e. The van der Waals surface area contributed by atoms with Gasteiger partial charge in [-0.25, -0.2) is 0 Å². The molecule has 1 N–H and O–H groups in total. The SMILES string of the molecule is CCOc1ccccc1CNC(=O)[C@@H](CC)Oc1cccc2ccccc12. The molecule has 0 fully saturated rings. The Morgan fingerprint density at radius 2 is 1.63 bits per heavy atom. The molecule has 4 nitrogen and oxygen atoms in total. The summed E-state index contributed by atoms with van der Waals surface area (Å²) in [5.41, 5.74) is 0.952. The predicted octanol–water partition coefficient (Wildman–Crippen LogP) is 4.71. The number of ether oxygens (including phenoxy) is 2. The summed E-state index contributed by atoms with van der Waals surface area (Å²) in [5, 5.41) is 5.07. The summed E-state index contributed by atoms with van der Waals surface area (Å²) in [6, 6.07) is 21.6. The van der Waals surface area contributed by atoms with Crippen molar-refractivity contribution in [3.8, 4) is 11.5 Å². The lowest BCUT2D eigenvalue weighted by atomic mass is 10.1. The van der Waals surface area contributed by atoms with Crippen molar-refractivity contribution in [2.45, 2.75) is 32.9 Å². The van der Waals surface area contributed by atoms with E-state index in [0.717, 1.165) is 27.8 Å². The highest BCUT2D eigenvalue weighted by Gasteiger charge is 2.19. The largest absolute Gasteiger partial charge is 0.494 e. The van der Waals surface area contributed by atoms with E-state index in [2.05, 4.69) is 5.32 Å². The molecule has 0 radical (unpaired) electrons. The number of fused-ring (bicyclic) bond motifs is 1. The lowest BCUT2D eigenvalue weighted by molar-refractivity contribution is -0.128. The zero-order valence-electron chi connectivity index (χ0n) is 15.8. The van der Waals surface area contributed by atoms with Crippen LogP contribution in [0.1, 0.15) is 25.8 Å². The van der Waals surface area contributed by atoms with Crippen molar-refractivity contribution in [3.63, 3.8) is 0 Å². The number of benzene rings is 3. The second kappa shape index (κ2) is 9.08. The third-order valence-electron chi connectivity index (χ3n) is 4.41. The molecule has 0 unspecified atom stereocenters. The van der Waals surface area contributed by atoms with Gasteiger partial charge in [0.1, 0.15) is 11.5 Å². The topological polar surface area (TPSA) is 47.6 Å². The van der Waals surface area contributed by atoms with Crippen molar-refractivity contribution in [2.24, 2.45) is 0 Å². The Kier molecular flexibility index (Phi) is 6.31. The first-order chi connectivity index (χ1) is 13.2. The molecule has 3 aromatic carbocycles. The summed E-state index contributed by atoms with van der Waals surface area (Å²) in [6.45, 7) is 4.89. The summed E-state index contributed by atoms with van der Waals surface area (Å²) in [4.78, 5) is 12.7. The Labute approximate surface area is 160 Å². The van der Waals surface area contributed by atoms with Gasteiger partial charge in [-0.1, -0.05) is 61.5 Å². The van der Waals surface area contributed by atoms with Crippen molar-refractivity contribution in [1.29, 1.82) is 0 Å². The van der Waals surface area contributed by atoms with Crippen LogP contribution in [-0.4, -0.2) is 18.6 Å². The first kappa shape index (κ1) is 18.8. The van der Waals surface area contributed by atoms with Gasteiger partial charge in [0, 0.05) is 17.5 Å². The molecule has 3 rings (SSSR count). The van der Waals surface area contributed by atoms with E-state index in [1.165, 1.54) is 0 Å². The average molecular weight is 363 g/mol. The van der Waals surface area contributed by atoms with Gasteiger partial charge in [-0.15, -0.1) is 0 Å². The Morgan fingerprint density at radius 3 is 2.44 bits per heavy atom. The van der Waals surface area contributed by atoms with Crippen LogP contribution in [0.3, 0.4) is 0 Å². The Balaban J connectivity index is 1.69. The first-order valence-electron chi connectivity index (χ1n) is 9.35. The van der Waals surface area contributed by atoms with Gasteiger partial charge in [0.2, 0.25) is 0 Å². The van der Waals surface area contributed by atoms with Crippen LogP contribution in [0.25, 0.3) is 10.8 Å². The minimum absolute atomic E-state index is 0.128. The van der Waals surface area contributed by atoms with Gasteiger partial charge in [0.25, 0.3) is 5.91 Å². The lowest BCUT2D eigenvalue weighted by Crippen LogP contribution is -2.37. The molecule has 3 aromatic rings. The smallest absolute Gasteiger partial charge is 0.261 e. The van der Waals surface area contributed by atoms with Crippen LogP contribution in [0.15, 0.2) is 66.7 Å². The van der Waals surface area contributed by atoms with Crippen molar-refractivity contribution in [2.75, 3.05) is 6.61 Å².